The molecule has 0 aromatic heterocycles. The lowest BCUT2D eigenvalue weighted by molar-refractivity contribution is 0.0671. The molecule has 16 heavy (non-hydrogen) atoms. The average Bonchev–Trinajstić information content (AvgIpc) is 2.26. The highest BCUT2D eigenvalue weighted by molar-refractivity contribution is 4.78. The van der Waals surface area contributed by atoms with Crippen molar-refractivity contribution in [3.63, 3.8) is 0 Å². The Kier molecular flexibility index (Phi) is 7.15. The van der Waals surface area contributed by atoms with E-state index in [1.807, 2.05) is 6.92 Å². The van der Waals surface area contributed by atoms with Crippen molar-refractivity contribution in [1.29, 1.82) is 0 Å². The summed E-state index contributed by atoms with van der Waals surface area (Å²) in [5.74, 6) is 0. The monoisotopic (exact) mass is 233 g/mol. The molecule has 4 nitrogen and oxygen atoms in total. The fourth-order valence-electron chi connectivity index (χ4n) is 1.51. The van der Waals surface area contributed by atoms with Crippen LogP contribution in [0.1, 0.15) is 33.6 Å². The number of nitrogens with one attached hydrogen (secondary N) is 1. The van der Waals surface area contributed by atoms with E-state index in [2.05, 4.69) is 19.2 Å². The first-order valence-electron chi connectivity index (χ1n) is 5.92. The molecule has 0 bridgehead atoms. The molecule has 0 rings (SSSR count). The van der Waals surface area contributed by atoms with E-state index in [0.29, 0.717) is 6.54 Å². The van der Waals surface area contributed by atoms with Gasteiger partial charge in [-0.2, -0.15) is 0 Å². The second-order valence-electron chi connectivity index (χ2n) is 5.72. The number of hydrogen-bond acceptors (Lipinski definition) is 4. The van der Waals surface area contributed by atoms with Crippen LogP contribution in [-0.4, -0.2) is 48.2 Å². The molecule has 0 aromatic carbocycles. The van der Waals surface area contributed by atoms with Crippen molar-refractivity contribution in [1.82, 2.24) is 5.32 Å². The third-order valence-electron chi connectivity index (χ3n) is 2.93. The Labute approximate surface area is 98.7 Å². The summed E-state index contributed by atoms with van der Waals surface area (Å²) in [6.07, 6.45) is 1.78. The summed E-state index contributed by atoms with van der Waals surface area (Å²) in [5.41, 5.74) is -0.318. The van der Waals surface area contributed by atoms with Crippen molar-refractivity contribution in [3.8, 4) is 0 Å². The van der Waals surface area contributed by atoms with Crippen LogP contribution < -0.4 is 5.32 Å². The topological polar surface area (TPSA) is 72.7 Å². The normalized spacial score (nSPS) is 13.1. The number of hydrogen-bond donors (Lipinski definition) is 4. The molecule has 0 atom stereocenters. The van der Waals surface area contributed by atoms with Crippen molar-refractivity contribution < 1.29 is 15.3 Å². The second-order valence-corrected chi connectivity index (χ2v) is 5.72. The van der Waals surface area contributed by atoms with Gasteiger partial charge < -0.3 is 20.6 Å². The van der Waals surface area contributed by atoms with Gasteiger partial charge >= 0.3 is 0 Å². The van der Waals surface area contributed by atoms with Gasteiger partial charge in [-0.25, -0.2) is 0 Å². The van der Waals surface area contributed by atoms with E-state index in [4.69, 9.17) is 15.3 Å². The summed E-state index contributed by atoms with van der Waals surface area (Å²) < 4.78 is 0. The summed E-state index contributed by atoms with van der Waals surface area (Å²) in [6.45, 7) is 7.75. The van der Waals surface area contributed by atoms with Crippen molar-refractivity contribution >= 4 is 0 Å². The van der Waals surface area contributed by atoms with E-state index < -0.39 is 5.41 Å². The first kappa shape index (κ1) is 15.8. The molecule has 0 saturated carbocycles. The predicted molar refractivity (Wildman–Crippen MR) is 65.2 cm³/mol. The lowest BCUT2D eigenvalue weighted by atomic mass is 9.87. The highest BCUT2D eigenvalue weighted by atomic mass is 16.3. The second kappa shape index (κ2) is 7.22. The highest BCUT2D eigenvalue weighted by Gasteiger charge is 2.24. The maximum Gasteiger partial charge on any atom is 0.0518 e. The summed E-state index contributed by atoms with van der Waals surface area (Å²) in [6, 6.07) is 0. The molecule has 98 valence electrons. The molecular weight excluding hydrogens is 206 g/mol. The van der Waals surface area contributed by atoms with Crippen LogP contribution in [0.2, 0.25) is 0 Å². The molecule has 0 heterocycles. The molecule has 0 fully saturated rings. The summed E-state index contributed by atoms with van der Waals surface area (Å²) in [4.78, 5) is 0. The molecule has 0 unspecified atom stereocenters. The summed E-state index contributed by atoms with van der Waals surface area (Å²) >= 11 is 0. The SMILES string of the molecule is CC(C)(CCCO)CNCC(C)(CO)CO. The largest absolute Gasteiger partial charge is 0.396 e. The van der Waals surface area contributed by atoms with E-state index in [9.17, 15) is 0 Å². The van der Waals surface area contributed by atoms with E-state index in [-0.39, 0.29) is 25.2 Å². The van der Waals surface area contributed by atoms with E-state index in [0.717, 1.165) is 19.4 Å². The van der Waals surface area contributed by atoms with Gasteiger partial charge in [0.1, 0.15) is 0 Å². The Morgan fingerprint density at radius 3 is 1.94 bits per heavy atom. The quantitative estimate of drug-likeness (QED) is 0.464. The van der Waals surface area contributed by atoms with Crippen molar-refractivity contribution in [2.75, 3.05) is 32.9 Å². The van der Waals surface area contributed by atoms with Crippen LogP contribution in [0, 0.1) is 10.8 Å². The third-order valence-corrected chi connectivity index (χ3v) is 2.93. The molecule has 4 heteroatoms. The smallest absolute Gasteiger partial charge is 0.0518 e. The summed E-state index contributed by atoms with van der Waals surface area (Å²) in [7, 11) is 0. The minimum absolute atomic E-state index is 0.0203. The summed E-state index contributed by atoms with van der Waals surface area (Å²) in [5, 5.41) is 30.3. The minimum atomic E-state index is -0.451. The molecule has 0 aliphatic heterocycles. The van der Waals surface area contributed by atoms with E-state index in [1.54, 1.807) is 0 Å². The zero-order chi connectivity index (χ0) is 12.7. The van der Waals surface area contributed by atoms with Crippen LogP contribution in [0.15, 0.2) is 0 Å². The van der Waals surface area contributed by atoms with Crippen molar-refractivity contribution in [2.45, 2.75) is 33.6 Å². The molecule has 4 N–H and O–H groups in total. The van der Waals surface area contributed by atoms with Gasteiger partial charge in [-0.1, -0.05) is 20.8 Å². The Bertz CT molecular complexity index is 179. The van der Waals surface area contributed by atoms with Crippen LogP contribution in [-0.2, 0) is 0 Å². The van der Waals surface area contributed by atoms with Crippen LogP contribution in [0.25, 0.3) is 0 Å². The van der Waals surface area contributed by atoms with Gasteiger partial charge in [0.05, 0.1) is 13.2 Å². The van der Waals surface area contributed by atoms with Gasteiger partial charge in [0, 0.05) is 25.1 Å². The molecule has 0 aliphatic carbocycles. The average molecular weight is 233 g/mol. The highest BCUT2D eigenvalue weighted by Crippen LogP contribution is 2.21. The lowest BCUT2D eigenvalue weighted by Crippen LogP contribution is -2.41. The van der Waals surface area contributed by atoms with Crippen LogP contribution in [0.3, 0.4) is 0 Å². The van der Waals surface area contributed by atoms with Crippen molar-refractivity contribution in [3.05, 3.63) is 0 Å². The Hall–Kier alpha value is -0.160. The standard InChI is InChI=1S/C12H27NO3/c1-11(2,5-4-6-14)7-13-8-12(3,9-15)10-16/h13-16H,4-10H2,1-3H3. The number of aliphatic hydroxyl groups excluding tert-OH is 3. The molecule has 0 aliphatic rings. The predicted octanol–water partition coefficient (Wildman–Crippen LogP) is 0.366. The Morgan fingerprint density at radius 1 is 0.938 bits per heavy atom. The minimum Gasteiger partial charge on any atom is -0.396 e. The zero-order valence-electron chi connectivity index (χ0n) is 10.8. The lowest BCUT2D eigenvalue weighted by Gasteiger charge is -2.29. The molecular formula is C12H27NO3. The van der Waals surface area contributed by atoms with Crippen LogP contribution in [0.5, 0.6) is 0 Å². The zero-order valence-corrected chi connectivity index (χ0v) is 10.8. The number of rotatable bonds is 9. The third kappa shape index (κ3) is 6.43. The maximum atomic E-state index is 9.12. The molecule has 0 saturated heterocycles. The van der Waals surface area contributed by atoms with Gasteiger partial charge in [-0.05, 0) is 18.3 Å². The first-order chi connectivity index (χ1) is 7.39. The van der Waals surface area contributed by atoms with Gasteiger partial charge in [0.25, 0.3) is 0 Å². The van der Waals surface area contributed by atoms with Crippen molar-refractivity contribution in [2.24, 2.45) is 10.8 Å². The maximum absolute atomic E-state index is 9.12. The molecule has 0 aromatic rings. The van der Waals surface area contributed by atoms with E-state index in [1.165, 1.54) is 0 Å². The van der Waals surface area contributed by atoms with Gasteiger partial charge in [-0.15, -0.1) is 0 Å². The Balaban J connectivity index is 3.87. The van der Waals surface area contributed by atoms with Crippen LogP contribution >= 0.6 is 0 Å². The molecule has 0 amide bonds. The fraction of sp³-hybridized carbons (Fsp3) is 1.00. The van der Waals surface area contributed by atoms with Gasteiger partial charge in [0.15, 0.2) is 0 Å². The van der Waals surface area contributed by atoms with Gasteiger partial charge in [-0.3, -0.25) is 0 Å². The fourth-order valence-corrected chi connectivity index (χ4v) is 1.51. The van der Waals surface area contributed by atoms with Gasteiger partial charge in [0.2, 0.25) is 0 Å². The molecule has 0 spiro atoms. The van der Waals surface area contributed by atoms with Crippen LogP contribution in [0.4, 0.5) is 0 Å². The van der Waals surface area contributed by atoms with E-state index >= 15 is 0 Å². The Morgan fingerprint density at radius 2 is 1.50 bits per heavy atom. The molecule has 0 radical (unpaired) electrons. The first-order valence-corrected chi connectivity index (χ1v) is 5.92. The number of aliphatic hydroxyl groups is 3.